The van der Waals surface area contributed by atoms with Crippen molar-refractivity contribution >= 4 is 40.3 Å². The summed E-state index contributed by atoms with van der Waals surface area (Å²) in [7, 11) is 0. The number of aliphatic hydroxyl groups excluding tert-OH is 2. The highest BCUT2D eigenvalue weighted by Crippen LogP contribution is 2.69. The van der Waals surface area contributed by atoms with Crippen molar-refractivity contribution in [2.45, 2.75) is 87.0 Å². The standard InChI is InChI=1S/C29H35ClFN5O2S/c30-28-34-26(33-21(16-7-1-2-8-16)17-9-3-4-10-17)22-27(35-28)36(15-32-22)23-18-13-29(18,25(38)24(23)37)14-39-20-12-6-5-11-19(20)31/h5-6,11-12,15-18,21,23-25,37-38H,1-4,7-10,13-14H2,(H,33,34,35)/t18-,23-,24+,25+,29+/m1/s1. The number of halogens is 2. The topological polar surface area (TPSA) is 96.1 Å². The van der Waals surface area contributed by atoms with Crippen molar-refractivity contribution < 1.29 is 14.6 Å². The molecule has 0 unspecified atom stereocenters. The quantitative estimate of drug-likeness (QED) is 0.230. The van der Waals surface area contributed by atoms with Crippen LogP contribution in [0.2, 0.25) is 5.28 Å². The third-order valence-corrected chi connectivity index (χ3v) is 11.5. The highest BCUT2D eigenvalue weighted by Gasteiger charge is 2.71. The normalized spacial score (nSPS) is 31.0. The molecule has 39 heavy (non-hydrogen) atoms. The lowest BCUT2D eigenvalue weighted by Crippen LogP contribution is -2.35. The number of nitrogens with zero attached hydrogens (tertiary/aromatic N) is 4. The number of fused-ring (bicyclic) bond motifs is 2. The van der Waals surface area contributed by atoms with Gasteiger partial charge in [-0.05, 0) is 73.6 Å². The summed E-state index contributed by atoms with van der Waals surface area (Å²) in [4.78, 5) is 14.4. The van der Waals surface area contributed by atoms with Crippen LogP contribution in [0.4, 0.5) is 10.2 Å². The number of hydrogen-bond donors (Lipinski definition) is 3. The van der Waals surface area contributed by atoms with Gasteiger partial charge in [0.2, 0.25) is 5.28 Å². The molecule has 0 amide bonds. The van der Waals surface area contributed by atoms with E-state index in [9.17, 15) is 14.6 Å². The van der Waals surface area contributed by atoms with Crippen LogP contribution in [-0.4, -0.2) is 53.7 Å². The average molecular weight is 572 g/mol. The summed E-state index contributed by atoms with van der Waals surface area (Å²) < 4.78 is 16.1. The number of aromatic nitrogens is 4. The van der Waals surface area contributed by atoms with Gasteiger partial charge in [0.05, 0.1) is 18.5 Å². The Bertz CT molecular complexity index is 1350. The van der Waals surface area contributed by atoms with Crippen LogP contribution in [0.25, 0.3) is 11.2 Å². The monoisotopic (exact) mass is 571 g/mol. The van der Waals surface area contributed by atoms with E-state index < -0.39 is 17.6 Å². The van der Waals surface area contributed by atoms with Gasteiger partial charge >= 0.3 is 0 Å². The molecule has 10 heteroatoms. The van der Waals surface area contributed by atoms with E-state index in [4.69, 9.17) is 16.6 Å². The van der Waals surface area contributed by atoms with Gasteiger partial charge in [0.15, 0.2) is 17.0 Å². The van der Waals surface area contributed by atoms with E-state index in [1.54, 1.807) is 18.5 Å². The Hall–Kier alpha value is -1.94. The molecule has 4 fully saturated rings. The second kappa shape index (κ2) is 10.2. The highest BCUT2D eigenvalue weighted by atomic mass is 35.5. The molecular formula is C29H35ClFN5O2S. The summed E-state index contributed by atoms with van der Waals surface area (Å²) in [5.74, 6) is 2.23. The van der Waals surface area contributed by atoms with E-state index in [0.29, 0.717) is 45.5 Å². The molecule has 0 saturated heterocycles. The van der Waals surface area contributed by atoms with Crippen molar-refractivity contribution in [2.24, 2.45) is 23.2 Å². The zero-order valence-electron chi connectivity index (χ0n) is 21.8. The molecule has 0 bridgehead atoms. The first-order valence-electron chi connectivity index (χ1n) is 14.4. The van der Waals surface area contributed by atoms with Crippen LogP contribution < -0.4 is 5.32 Å². The number of imidazole rings is 1. The molecule has 4 aliphatic rings. The summed E-state index contributed by atoms with van der Waals surface area (Å²) in [5.41, 5.74) is 0.762. The van der Waals surface area contributed by atoms with Gasteiger partial charge in [-0.2, -0.15) is 9.97 Å². The molecule has 3 aromatic rings. The Labute approximate surface area is 237 Å². The summed E-state index contributed by atoms with van der Waals surface area (Å²) in [6.45, 7) is 0. The average Bonchev–Trinajstić information content (AvgIpc) is 3.47. The van der Waals surface area contributed by atoms with E-state index in [-0.39, 0.29) is 23.1 Å². The van der Waals surface area contributed by atoms with Gasteiger partial charge in [-0.3, -0.25) is 0 Å². The fourth-order valence-electron chi connectivity index (χ4n) is 7.92. The molecule has 7 rings (SSSR count). The van der Waals surface area contributed by atoms with Crippen molar-refractivity contribution in [3.63, 3.8) is 0 Å². The lowest BCUT2D eigenvalue weighted by atomic mass is 9.86. The van der Waals surface area contributed by atoms with Gasteiger partial charge in [-0.25, -0.2) is 9.37 Å². The van der Waals surface area contributed by atoms with Crippen LogP contribution in [0.15, 0.2) is 35.5 Å². The fraction of sp³-hybridized carbons (Fsp3) is 0.621. The maximum absolute atomic E-state index is 14.2. The van der Waals surface area contributed by atoms with Crippen molar-refractivity contribution in [3.05, 3.63) is 41.7 Å². The smallest absolute Gasteiger partial charge is 0.226 e. The summed E-state index contributed by atoms with van der Waals surface area (Å²) in [6.07, 6.45) is 10.7. The van der Waals surface area contributed by atoms with Crippen LogP contribution in [0, 0.1) is 29.0 Å². The summed E-state index contributed by atoms with van der Waals surface area (Å²) >= 11 is 7.88. The molecule has 3 N–H and O–H groups in total. The minimum absolute atomic E-state index is 0.0362. The van der Waals surface area contributed by atoms with E-state index in [1.807, 2.05) is 10.6 Å². The van der Waals surface area contributed by atoms with E-state index in [0.717, 1.165) is 6.42 Å². The first-order valence-corrected chi connectivity index (χ1v) is 15.7. The Kier molecular flexibility index (Phi) is 6.77. The van der Waals surface area contributed by atoms with Crippen LogP contribution in [0.3, 0.4) is 0 Å². The molecule has 1 aromatic carbocycles. The molecule has 0 aliphatic heterocycles. The van der Waals surface area contributed by atoms with E-state index in [1.165, 1.54) is 69.2 Å². The Morgan fingerprint density at radius 1 is 1.08 bits per heavy atom. The number of benzene rings is 1. The predicted octanol–water partition coefficient (Wildman–Crippen LogP) is 5.85. The first-order chi connectivity index (χ1) is 19.0. The summed E-state index contributed by atoms with van der Waals surface area (Å²) in [5, 5.41) is 26.3. The maximum Gasteiger partial charge on any atom is 0.226 e. The zero-order valence-corrected chi connectivity index (χ0v) is 23.4. The number of rotatable bonds is 8. The molecule has 5 atom stereocenters. The maximum atomic E-state index is 14.2. The molecule has 2 heterocycles. The predicted molar refractivity (Wildman–Crippen MR) is 150 cm³/mol. The number of hydrogen-bond acceptors (Lipinski definition) is 7. The molecule has 208 valence electrons. The Morgan fingerprint density at radius 3 is 2.46 bits per heavy atom. The minimum atomic E-state index is -0.975. The highest BCUT2D eigenvalue weighted by molar-refractivity contribution is 7.99. The van der Waals surface area contributed by atoms with Gasteiger partial charge < -0.3 is 20.1 Å². The molecule has 0 radical (unpaired) electrons. The summed E-state index contributed by atoms with van der Waals surface area (Å²) in [6, 6.07) is 6.65. The molecule has 4 saturated carbocycles. The second-order valence-corrected chi connectivity index (χ2v) is 13.5. The number of thioether (sulfide) groups is 1. The van der Waals surface area contributed by atoms with Gasteiger partial charge in [0, 0.05) is 22.1 Å². The van der Waals surface area contributed by atoms with Crippen LogP contribution in [0.1, 0.15) is 63.8 Å². The largest absolute Gasteiger partial charge is 0.390 e. The van der Waals surface area contributed by atoms with Gasteiger partial charge in [-0.15, -0.1) is 11.8 Å². The second-order valence-electron chi connectivity index (χ2n) is 12.1. The van der Waals surface area contributed by atoms with Crippen LogP contribution in [-0.2, 0) is 0 Å². The van der Waals surface area contributed by atoms with E-state index in [2.05, 4.69) is 15.3 Å². The lowest BCUT2D eigenvalue weighted by molar-refractivity contribution is -0.0126. The third kappa shape index (κ3) is 4.44. The Balaban J connectivity index is 1.17. The molecule has 7 nitrogen and oxygen atoms in total. The molecular weight excluding hydrogens is 537 g/mol. The Morgan fingerprint density at radius 2 is 1.77 bits per heavy atom. The fourth-order valence-corrected chi connectivity index (χ4v) is 9.39. The van der Waals surface area contributed by atoms with Crippen LogP contribution >= 0.6 is 23.4 Å². The van der Waals surface area contributed by atoms with Crippen molar-refractivity contribution in [1.29, 1.82) is 0 Å². The van der Waals surface area contributed by atoms with Crippen molar-refractivity contribution in [3.8, 4) is 0 Å². The lowest BCUT2D eigenvalue weighted by Gasteiger charge is -2.30. The van der Waals surface area contributed by atoms with Crippen LogP contribution in [0.5, 0.6) is 0 Å². The minimum Gasteiger partial charge on any atom is -0.390 e. The molecule has 4 aliphatic carbocycles. The number of nitrogens with one attached hydrogen (secondary N) is 1. The van der Waals surface area contributed by atoms with Gasteiger partial charge in [-0.1, -0.05) is 37.8 Å². The number of aliphatic hydroxyl groups is 2. The molecule has 0 spiro atoms. The van der Waals surface area contributed by atoms with Gasteiger partial charge in [0.1, 0.15) is 11.9 Å². The molecule has 2 aromatic heterocycles. The van der Waals surface area contributed by atoms with Crippen molar-refractivity contribution in [1.82, 2.24) is 19.5 Å². The third-order valence-electron chi connectivity index (χ3n) is 10.0. The first kappa shape index (κ1) is 26.0. The number of anilines is 1. The van der Waals surface area contributed by atoms with Gasteiger partial charge in [0.25, 0.3) is 0 Å². The zero-order chi connectivity index (χ0) is 26.7. The van der Waals surface area contributed by atoms with Crippen molar-refractivity contribution in [2.75, 3.05) is 11.1 Å². The SMILES string of the molecule is O[C@H]1[C@H](n2cnc3c(NC(C4CCCC4)C4CCCC4)nc(Cl)nc32)[C@H]2C[C@@]2(CSc2ccccc2F)[C@H]1O. The van der Waals surface area contributed by atoms with E-state index >= 15 is 0 Å².